The van der Waals surface area contributed by atoms with Crippen molar-refractivity contribution in [1.82, 2.24) is 0 Å². The number of methoxy groups -OCH3 is 1. The molecule has 29 heavy (non-hydrogen) atoms. The van der Waals surface area contributed by atoms with Crippen LogP contribution in [0.1, 0.15) is 103 Å². The molecule has 1 N–H and O–H groups in total. The average molecular weight is 437 g/mol. The molecule has 1 atom stereocenters. The van der Waals surface area contributed by atoms with Crippen LogP contribution in [-0.4, -0.2) is 43.9 Å². The second-order valence-corrected chi connectivity index (χ2v) is 9.11. The molecule has 8 heteroatoms. The first kappa shape index (κ1) is 27.8. The summed E-state index contributed by atoms with van der Waals surface area (Å²) in [6.07, 6.45) is 12.0. The summed E-state index contributed by atoms with van der Waals surface area (Å²) >= 11 is 0. The number of rotatable bonds is 19. The molecule has 0 aliphatic heterocycles. The number of unbranched alkanes of at least 4 members (excludes halogenated alkanes) is 10. The van der Waals surface area contributed by atoms with E-state index in [0.717, 1.165) is 44.9 Å². The fourth-order valence-corrected chi connectivity index (χ4v) is 3.86. The predicted octanol–water partition coefficient (Wildman–Crippen LogP) is 4.83. The van der Waals surface area contributed by atoms with Gasteiger partial charge in [0.2, 0.25) is 0 Å². The molecule has 0 aromatic heterocycles. The Morgan fingerprint density at radius 2 is 1.28 bits per heavy atom. The molecule has 0 radical (unpaired) electrons. The first-order chi connectivity index (χ1) is 13.8. The van der Waals surface area contributed by atoms with Gasteiger partial charge in [0.1, 0.15) is 11.9 Å². The zero-order valence-corrected chi connectivity index (χ0v) is 19.0. The lowest BCUT2D eigenvalue weighted by Gasteiger charge is -2.16. The van der Waals surface area contributed by atoms with Crippen molar-refractivity contribution in [2.24, 2.45) is 0 Å². The minimum atomic E-state index is -4.20. The molecule has 0 heterocycles. The lowest BCUT2D eigenvalue weighted by atomic mass is 10.1. The second-order valence-electron chi connectivity index (χ2n) is 7.61. The largest absolute Gasteiger partial charge is 0.469 e. The first-order valence-corrected chi connectivity index (χ1v) is 12.6. The Hall–Kier alpha value is -1.15. The molecule has 172 valence electrons. The van der Waals surface area contributed by atoms with Crippen molar-refractivity contribution in [3.8, 4) is 0 Å². The van der Waals surface area contributed by atoms with Crippen LogP contribution in [0, 0.1) is 0 Å². The fraction of sp³-hybridized carbons (Fsp3) is 0.905. The number of hydrogen-bond acceptors (Lipinski definition) is 6. The maximum absolute atomic E-state index is 12.0. The highest BCUT2D eigenvalue weighted by atomic mass is 32.2. The van der Waals surface area contributed by atoms with Crippen molar-refractivity contribution in [2.75, 3.05) is 12.9 Å². The third kappa shape index (κ3) is 19.9. The topological polar surface area (TPSA) is 107 Å². The Labute approximate surface area is 176 Å². The molecule has 0 aliphatic rings. The Balaban J connectivity index is 4.03. The Morgan fingerprint density at radius 1 is 0.793 bits per heavy atom. The molecule has 0 rings (SSSR count). The molecule has 0 bridgehead atoms. The number of carbonyl (C=O) groups excluding carboxylic acids is 2. The highest BCUT2D eigenvalue weighted by Crippen LogP contribution is 2.14. The Morgan fingerprint density at radius 3 is 1.79 bits per heavy atom. The van der Waals surface area contributed by atoms with Crippen LogP contribution >= 0.6 is 0 Å². The molecule has 0 spiro atoms. The number of carbonyl (C=O) groups is 2. The highest BCUT2D eigenvalue weighted by Gasteiger charge is 2.20. The van der Waals surface area contributed by atoms with E-state index in [-0.39, 0.29) is 12.4 Å². The summed E-state index contributed by atoms with van der Waals surface area (Å²) in [6, 6.07) is 0. The lowest BCUT2D eigenvalue weighted by molar-refractivity contribution is -0.148. The molecular weight excluding hydrogens is 396 g/mol. The average Bonchev–Trinajstić information content (AvgIpc) is 2.64. The minimum absolute atomic E-state index is 0.217. The molecule has 0 amide bonds. The smallest absolute Gasteiger partial charge is 0.306 e. The van der Waals surface area contributed by atoms with Gasteiger partial charge < -0.3 is 9.47 Å². The van der Waals surface area contributed by atoms with Gasteiger partial charge in [-0.3, -0.25) is 14.1 Å². The lowest BCUT2D eigenvalue weighted by Crippen LogP contribution is -2.26. The zero-order valence-electron chi connectivity index (χ0n) is 18.2. The van der Waals surface area contributed by atoms with Crippen LogP contribution in [0.4, 0.5) is 0 Å². The van der Waals surface area contributed by atoms with Crippen LogP contribution in [0.5, 0.6) is 0 Å². The standard InChI is InChI=1S/C21H40O7S/c1-3-4-5-6-7-10-14-17-21(23)28-19(18-29(24,25)26)15-12-9-8-11-13-16-20(22)27-2/h19H,3-18H2,1-2H3,(H,24,25,26). The summed E-state index contributed by atoms with van der Waals surface area (Å²) in [5.74, 6) is -1.17. The van der Waals surface area contributed by atoms with Gasteiger partial charge in [0.15, 0.2) is 0 Å². The van der Waals surface area contributed by atoms with Crippen molar-refractivity contribution in [3.63, 3.8) is 0 Å². The van der Waals surface area contributed by atoms with Crippen molar-refractivity contribution >= 4 is 22.1 Å². The van der Waals surface area contributed by atoms with Crippen LogP contribution in [0.3, 0.4) is 0 Å². The van der Waals surface area contributed by atoms with Crippen LogP contribution in [0.25, 0.3) is 0 Å². The summed E-state index contributed by atoms with van der Waals surface area (Å²) in [6.45, 7) is 2.17. The van der Waals surface area contributed by atoms with Crippen LogP contribution in [-0.2, 0) is 29.2 Å². The molecule has 1 unspecified atom stereocenters. The van der Waals surface area contributed by atoms with E-state index < -0.39 is 27.9 Å². The van der Waals surface area contributed by atoms with Gasteiger partial charge in [-0.1, -0.05) is 64.7 Å². The summed E-state index contributed by atoms with van der Waals surface area (Å²) in [4.78, 5) is 23.0. The number of ether oxygens (including phenoxy) is 2. The van der Waals surface area contributed by atoms with Crippen molar-refractivity contribution in [3.05, 3.63) is 0 Å². The summed E-state index contributed by atoms with van der Waals surface area (Å²) in [5.41, 5.74) is 0. The normalized spacial score (nSPS) is 12.5. The maximum Gasteiger partial charge on any atom is 0.306 e. The molecular formula is C21H40O7S. The first-order valence-electron chi connectivity index (χ1n) is 11.0. The summed E-state index contributed by atoms with van der Waals surface area (Å²) in [7, 11) is -2.83. The predicted molar refractivity (Wildman–Crippen MR) is 113 cm³/mol. The van der Waals surface area contributed by atoms with E-state index in [9.17, 15) is 18.0 Å². The summed E-state index contributed by atoms with van der Waals surface area (Å²) < 4.78 is 41.4. The van der Waals surface area contributed by atoms with Gasteiger partial charge in [-0.05, 0) is 25.7 Å². The zero-order chi connectivity index (χ0) is 22.0. The van der Waals surface area contributed by atoms with E-state index in [0.29, 0.717) is 19.3 Å². The Kier molecular flexibility index (Phi) is 17.0. The number of esters is 2. The van der Waals surface area contributed by atoms with E-state index >= 15 is 0 Å². The molecule has 0 aromatic rings. The third-order valence-corrected chi connectivity index (χ3v) is 5.61. The highest BCUT2D eigenvalue weighted by molar-refractivity contribution is 7.85. The van der Waals surface area contributed by atoms with E-state index in [1.807, 2.05) is 0 Å². The monoisotopic (exact) mass is 436 g/mol. The van der Waals surface area contributed by atoms with Crippen LogP contribution in [0.15, 0.2) is 0 Å². The molecule has 7 nitrogen and oxygen atoms in total. The van der Waals surface area contributed by atoms with E-state index in [2.05, 4.69) is 11.7 Å². The third-order valence-electron chi connectivity index (χ3n) is 4.81. The fourth-order valence-electron chi connectivity index (χ4n) is 3.16. The van der Waals surface area contributed by atoms with Gasteiger partial charge in [0, 0.05) is 12.8 Å². The van der Waals surface area contributed by atoms with Gasteiger partial charge >= 0.3 is 11.9 Å². The maximum atomic E-state index is 12.0. The second kappa shape index (κ2) is 17.7. The summed E-state index contributed by atoms with van der Waals surface area (Å²) in [5, 5.41) is 0. The van der Waals surface area contributed by atoms with Gasteiger partial charge in [-0.15, -0.1) is 0 Å². The molecule has 0 fully saturated rings. The van der Waals surface area contributed by atoms with Gasteiger partial charge in [-0.2, -0.15) is 8.42 Å². The van der Waals surface area contributed by atoms with E-state index in [1.165, 1.54) is 32.8 Å². The molecule has 0 saturated carbocycles. The molecule has 0 saturated heterocycles. The van der Waals surface area contributed by atoms with Gasteiger partial charge in [0.05, 0.1) is 7.11 Å². The Bertz CT molecular complexity index is 531. The van der Waals surface area contributed by atoms with Crippen molar-refractivity contribution < 1.29 is 32.0 Å². The van der Waals surface area contributed by atoms with Crippen LogP contribution < -0.4 is 0 Å². The number of hydrogen-bond donors (Lipinski definition) is 1. The molecule has 0 aromatic carbocycles. The SMILES string of the molecule is CCCCCCCCCC(=O)OC(CCCCCCCC(=O)OC)CS(=O)(=O)O. The van der Waals surface area contributed by atoms with Crippen molar-refractivity contribution in [2.45, 2.75) is 109 Å². The van der Waals surface area contributed by atoms with E-state index in [1.54, 1.807) is 0 Å². The van der Waals surface area contributed by atoms with Crippen LogP contribution in [0.2, 0.25) is 0 Å². The van der Waals surface area contributed by atoms with Gasteiger partial charge in [-0.25, -0.2) is 0 Å². The minimum Gasteiger partial charge on any atom is -0.469 e. The quantitative estimate of drug-likeness (QED) is 0.175. The van der Waals surface area contributed by atoms with Gasteiger partial charge in [0.25, 0.3) is 10.1 Å². The van der Waals surface area contributed by atoms with E-state index in [4.69, 9.17) is 9.29 Å². The van der Waals surface area contributed by atoms with Crippen molar-refractivity contribution in [1.29, 1.82) is 0 Å². The molecule has 0 aliphatic carbocycles.